The van der Waals surface area contributed by atoms with Gasteiger partial charge in [-0.1, -0.05) is 35.3 Å². The summed E-state index contributed by atoms with van der Waals surface area (Å²) in [7, 11) is 1.28. The maximum Gasteiger partial charge on any atom is 0.341 e. The number of methoxy groups -OCH3 is 1. The number of hydrogen-bond acceptors (Lipinski definition) is 4. The van der Waals surface area contributed by atoms with Gasteiger partial charge in [0.15, 0.2) is 0 Å². The van der Waals surface area contributed by atoms with Crippen LogP contribution in [0, 0.1) is 6.92 Å². The maximum absolute atomic E-state index is 13.1. The van der Waals surface area contributed by atoms with E-state index in [1.807, 2.05) is 25.1 Å². The first kappa shape index (κ1) is 19.2. The van der Waals surface area contributed by atoms with Crippen LogP contribution in [0.15, 0.2) is 59.7 Å². The zero-order valence-electron chi connectivity index (χ0n) is 15.5. The van der Waals surface area contributed by atoms with Crippen LogP contribution >= 0.6 is 23.2 Å². The molecule has 29 heavy (non-hydrogen) atoms. The molecule has 2 aromatic carbocycles. The summed E-state index contributed by atoms with van der Waals surface area (Å²) in [6, 6.07) is 12.3. The number of rotatable bonds is 3. The van der Waals surface area contributed by atoms with Crippen LogP contribution in [-0.2, 0) is 4.74 Å². The van der Waals surface area contributed by atoms with Crippen LogP contribution in [-0.4, -0.2) is 27.4 Å². The molecule has 2 aliphatic heterocycles. The topological polar surface area (TPSA) is 66.1 Å². The molecule has 0 saturated heterocycles. The van der Waals surface area contributed by atoms with Crippen molar-refractivity contribution in [3.63, 3.8) is 0 Å². The van der Waals surface area contributed by atoms with E-state index >= 15 is 0 Å². The number of nitrogens with zero attached hydrogens (tertiary/aromatic N) is 3. The van der Waals surface area contributed by atoms with Crippen molar-refractivity contribution in [3.8, 4) is 22.6 Å². The molecule has 0 aromatic heterocycles. The van der Waals surface area contributed by atoms with E-state index in [0.717, 1.165) is 5.56 Å². The number of carbonyl (C=O) groups excluding carboxylic acids is 1. The van der Waals surface area contributed by atoms with E-state index in [9.17, 15) is 9.59 Å². The maximum atomic E-state index is 13.1. The highest BCUT2D eigenvalue weighted by molar-refractivity contribution is 6.34. The molecule has 2 aliphatic rings. The lowest BCUT2D eigenvalue weighted by Gasteiger charge is -2.12. The molecule has 0 bridgehead atoms. The van der Waals surface area contributed by atoms with Crippen LogP contribution in [0.5, 0.6) is 0 Å². The van der Waals surface area contributed by atoms with Crippen molar-refractivity contribution in [3.05, 3.63) is 86.4 Å². The smallest absolute Gasteiger partial charge is 0.341 e. The third-order valence-electron chi connectivity index (χ3n) is 4.47. The van der Waals surface area contributed by atoms with E-state index in [0.29, 0.717) is 21.4 Å². The van der Waals surface area contributed by atoms with Crippen molar-refractivity contribution < 1.29 is 9.53 Å². The van der Waals surface area contributed by atoms with E-state index in [-0.39, 0.29) is 22.4 Å². The lowest BCUT2D eigenvalue weighted by molar-refractivity contribution is 0.0600. The number of pyridine rings is 1. The second-order valence-corrected chi connectivity index (χ2v) is 7.39. The quantitative estimate of drug-likeness (QED) is 0.450. The largest absolute Gasteiger partial charge is 0.465 e. The van der Waals surface area contributed by atoms with Crippen molar-refractivity contribution >= 4 is 29.2 Å². The highest BCUT2D eigenvalue weighted by atomic mass is 35.5. The number of carbonyl (C=O) groups is 1. The summed E-state index contributed by atoms with van der Waals surface area (Å²) in [4.78, 5) is 25.5. The van der Waals surface area contributed by atoms with Crippen LogP contribution in [0.1, 0.15) is 15.9 Å². The number of ether oxygens (including phenoxy) is 1. The minimum atomic E-state index is -0.605. The predicted octanol–water partition coefficient (Wildman–Crippen LogP) is 4.53. The summed E-state index contributed by atoms with van der Waals surface area (Å²) in [6.07, 6.45) is 3.15. The predicted molar refractivity (Wildman–Crippen MR) is 112 cm³/mol. The molecule has 2 aromatic rings. The summed E-state index contributed by atoms with van der Waals surface area (Å²) in [5.41, 5.74) is 2.52. The average Bonchev–Trinajstić information content (AvgIpc) is 3.02. The van der Waals surface area contributed by atoms with Crippen LogP contribution in [0.25, 0.3) is 22.6 Å². The van der Waals surface area contributed by atoms with Crippen LogP contribution in [0.2, 0.25) is 10.0 Å². The minimum Gasteiger partial charge on any atom is -0.465 e. The molecule has 0 N–H and O–H groups in total. The van der Waals surface area contributed by atoms with Crippen LogP contribution in [0.3, 0.4) is 0 Å². The van der Waals surface area contributed by atoms with Gasteiger partial charge in [0, 0.05) is 28.1 Å². The molecule has 0 aliphatic carbocycles. The van der Waals surface area contributed by atoms with Crippen LogP contribution < -0.4 is 5.56 Å². The number of esters is 1. The van der Waals surface area contributed by atoms with Gasteiger partial charge in [-0.15, -0.1) is 0 Å². The summed E-state index contributed by atoms with van der Waals surface area (Å²) in [5.74, 6) is -0.605. The molecule has 2 heterocycles. The van der Waals surface area contributed by atoms with Crippen molar-refractivity contribution in [2.75, 3.05) is 7.11 Å². The number of aromatic nitrogens is 3. The number of aryl methyl sites for hydroxylation is 1. The van der Waals surface area contributed by atoms with Gasteiger partial charge in [0.2, 0.25) is 0 Å². The molecule has 0 atom stereocenters. The number of fused-ring (bicyclic) bond motifs is 1. The van der Waals surface area contributed by atoms with Crippen LogP contribution in [0.4, 0.5) is 0 Å². The molecule has 0 unspecified atom stereocenters. The Bertz CT molecular complexity index is 1260. The average molecular weight is 428 g/mol. The molecule has 6 nitrogen and oxygen atoms in total. The third-order valence-corrected chi connectivity index (χ3v) is 4.90. The van der Waals surface area contributed by atoms with Gasteiger partial charge >= 0.3 is 5.97 Å². The SMILES string of the molecule is COC(=O)c1cn(-c2cc(Cl)cc(Cl)c2)cc2c(=O)n(-c3cccc(C)c3)nc1-2. The zero-order chi connectivity index (χ0) is 20.7. The van der Waals surface area contributed by atoms with Gasteiger partial charge in [0.25, 0.3) is 5.56 Å². The molecule has 0 saturated carbocycles. The Morgan fingerprint density at radius 1 is 1.03 bits per heavy atom. The summed E-state index contributed by atoms with van der Waals surface area (Å²) < 4.78 is 7.79. The molecular weight excluding hydrogens is 413 g/mol. The van der Waals surface area contributed by atoms with Gasteiger partial charge in [-0.05, 0) is 42.8 Å². The molecule has 0 spiro atoms. The molecule has 8 heteroatoms. The molecule has 0 radical (unpaired) electrons. The van der Waals surface area contributed by atoms with Gasteiger partial charge in [-0.3, -0.25) is 4.79 Å². The number of hydrogen-bond donors (Lipinski definition) is 0. The summed E-state index contributed by atoms with van der Waals surface area (Å²) in [5, 5.41) is 5.26. The molecule has 4 rings (SSSR count). The van der Waals surface area contributed by atoms with Crippen molar-refractivity contribution in [1.82, 2.24) is 14.3 Å². The Labute approximate surface area is 176 Å². The fourth-order valence-corrected chi connectivity index (χ4v) is 3.65. The number of benzene rings is 2. The van der Waals surface area contributed by atoms with E-state index in [1.54, 1.807) is 41.2 Å². The Kier molecular flexibility index (Phi) is 4.90. The van der Waals surface area contributed by atoms with Gasteiger partial charge in [-0.2, -0.15) is 9.78 Å². The van der Waals surface area contributed by atoms with E-state index in [1.165, 1.54) is 11.8 Å². The molecular formula is C21H15Cl2N3O3. The minimum absolute atomic E-state index is 0.157. The fraction of sp³-hybridized carbons (Fsp3) is 0.0952. The zero-order valence-corrected chi connectivity index (χ0v) is 17.0. The molecule has 146 valence electrons. The number of halogens is 2. The van der Waals surface area contributed by atoms with Crippen molar-refractivity contribution in [2.45, 2.75) is 6.92 Å². The first-order valence-corrected chi connectivity index (χ1v) is 9.40. The normalized spacial score (nSPS) is 11.0. The first-order valence-electron chi connectivity index (χ1n) is 8.64. The van der Waals surface area contributed by atoms with Crippen molar-refractivity contribution in [2.24, 2.45) is 0 Å². The highest BCUT2D eigenvalue weighted by Crippen LogP contribution is 2.27. The van der Waals surface area contributed by atoms with E-state index < -0.39 is 5.97 Å². The monoisotopic (exact) mass is 427 g/mol. The van der Waals surface area contributed by atoms with Gasteiger partial charge in [0.05, 0.1) is 18.4 Å². The Balaban J connectivity index is 2.01. The highest BCUT2D eigenvalue weighted by Gasteiger charge is 2.25. The lowest BCUT2D eigenvalue weighted by Crippen LogP contribution is -2.15. The Morgan fingerprint density at radius 2 is 1.76 bits per heavy atom. The summed E-state index contributed by atoms with van der Waals surface area (Å²) in [6.45, 7) is 1.92. The van der Waals surface area contributed by atoms with E-state index in [2.05, 4.69) is 5.10 Å². The lowest BCUT2D eigenvalue weighted by atomic mass is 10.1. The Hall–Kier alpha value is -3.09. The van der Waals surface area contributed by atoms with Gasteiger partial charge in [-0.25, -0.2) is 4.79 Å². The van der Waals surface area contributed by atoms with Gasteiger partial charge in [0.1, 0.15) is 11.3 Å². The van der Waals surface area contributed by atoms with Gasteiger partial charge < -0.3 is 9.30 Å². The van der Waals surface area contributed by atoms with E-state index in [4.69, 9.17) is 27.9 Å². The third kappa shape index (κ3) is 3.52. The Morgan fingerprint density at radius 3 is 2.41 bits per heavy atom. The standard InChI is InChI=1S/C21H15Cl2N3O3/c1-12-4-3-5-15(6-12)26-20(27)17-10-25(16-8-13(22)7-14(23)9-16)11-18(19(17)24-26)21(28)29-2/h3-11H,1-2H3. The van der Waals surface area contributed by atoms with Crippen molar-refractivity contribution in [1.29, 1.82) is 0 Å². The fourth-order valence-electron chi connectivity index (χ4n) is 3.14. The second kappa shape index (κ2) is 7.39. The molecule has 0 amide bonds. The second-order valence-electron chi connectivity index (χ2n) is 6.52. The summed E-state index contributed by atoms with van der Waals surface area (Å²) >= 11 is 12.2. The first-order chi connectivity index (χ1) is 13.9. The molecule has 0 fully saturated rings.